The maximum Gasteiger partial charge on any atom is 0.224 e. The van der Waals surface area contributed by atoms with Gasteiger partial charge in [0.2, 0.25) is 11.8 Å². The molecular formula is C14H23N3O2. The second-order valence-electron chi connectivity index (χ2n) is 4.59. The fraction of sp³-hybridized carbons (Fsp3) is 0.571. The van der Waals surface area contributed by atoms with Crippen LogP contribution >= 0.6 is 0 Å². The van der Waals surface area contributed by atoms with Crippen LogP contribution in [0.1, 0.15) is 33.1 Å². The smallest absolute Gasteiger partial charge is 0.224 e. The molecule has 1 amide bonds. The molecule has 0 aliphatic heterocycles. The third kappa shape index (κ3) is 6.20. The molecule has 1 rings (SSSR count). The maximum absolute atomic E-state index is 11.7. The van der Waals surface area contributed by atoms with E-state index >= 15 is 0 Å². The van der Waals surface area contributed by atoms with Gasteiger partial charge in [-0.3, -0.25) is 4.79 Å². The van der Waals surface area contributed by atoms with Crippen molar-refractivity contribution in [1.29, 1.82) is 0 Å². The quantitative estimate of drug-likeness (QED) is 0.755. The number of anilines is 1. The number of carbonyl (C=O) groups excluding carboxylic acids is 1. The minimum absolute atomic E-state index is 0.00910. The fourth-order valence-corrected chi connectivity index (χ4v) is 1.72. The van der Waals surface area contributed by atoms with Gasteiger partial charge >= 0.3 is 0 Å². The summed E-state index contributed by atoms with van der Waals surface area (Å²) in [7, 11) is 0. The van der Waals surface area contributed by atoms with Crippen LogP contribution in [0.3, 0.4) is 0 Å². The van der Waals surface area contributed by atoms with Crippen LogP contribution in [0.5, 0.6) is 5.88 Å². The molecule has 106 valence electrons. The molecule has 5 nitrogen and oxygen atoms in total. The highest BCUT2D eigenvalue weighted by Crippen LogP contribution is 2.13. The van der Waals surface area contributed by atoms with Crippen molar-refractivity contribution in [2.24, 2.45) is 11.7 Å². The number of carbonyl (C=O) groups is 1. The summed E-state index contributed by atoms with van der Waals surface area (Å²) < 4.78 is 5.24. The van der Waals surface area contributed by atoms with Gasteiger partial charge < -0.3 is 15.8 Å². The molecule has 0 bridgehead atoms. The first kappa shape index (κ1) is 15.4. The summed E-state index contributed by atoms with van der Waals surface area (Å²) in [5.74, 6) is 1.06. The normalized spacial score (nSPS) is 11.9. The summed E-state index contributed by atoms with van der Waals surface area (Å²) in [5, 5.41) is 2.82. The highest BCUT2D eigenvalue weighted by Gasteiger charge is 2.07. The lowest BCUT2D eigenvalue weighted by molar-refractivity contribution is -0.116. The molecule has 19 heavy (non-hydrogen) atoms. The van der Waals surface area contributed by atoms with Crippen LogP contribution in [0.15, 0.2) is 18.3 Å². The molecule has 0 spiro atoms. The highest BCUT2D eigenvalue weighted by molar-refractivity contribution is 5.90. The Hall–Kier alpha value is -1.62. The van der Waals surface area contributed by atoms with Gasteiger partial charge in [-0.05, 0) is 38.3 Å². The average molecular weight is 265 g/mol. The van der Waals surface area contributed by atoms with Gasteiger partial charge in [0.1, 0.15) is 0 Å². The van der Waals surface area contributed by atoms with E-state index in [1.54, 1.807) is 18.3 Å². The highest BCUT2D eigenvalue weighted by atomic mass is 16.5. The summed E-state index contributed by atoms with van der Waals surface area (Å²) in [4.78, 5) is 15.8. The average Bonchev–Trinajstić information content (AvgIpc) is 2.39. The number of pyridine rings is 1. The van der Waals surface area contributed by atoms with Crippen LogP contribution in [0.25, 0.3) is 0 Å². The molecule has 0 aromatic carbocycles. The number of nitrogens with two attached hydrogens (primary N) is 1. The van der Waals surface area contributed by atoms with E-state index in [-0.39, 0.29) is 5.91 Å². The lowest BCUT2D eigenvalue weighted by atomic mass is 10.0. The molecule has 0 fully saturated rings. The lowest BCUT2D eigenvalue weighted by Crippen LogP contribution is -2.14. The molecule has 1 unspecified atom stereocenters. The molecular weight excluding hydrogens is 242 g/mol. The second kappa shape index (κ2) is 8.48. The van der Waals surface area contributed by atoms with Gasteiger partial charge in [0, 0.05) is 12.5 Å². The van der Waals surface area contributed by atoms with Crippen LogP contribution in [-0.4, -0.2) is 24.0 Å². The molecule has 0 saturated heterocycles. The van der Waals surface area contributed by atoms with E-state index in [2.05, 4.69) is 17.2 Å². The number of rotatable bonds is 8. The molecule has 1 aromatic heterocycles. The zero-order chi connectivity index (χ0) is 14.1. The van der Waals surface area contributed by atoms with Gasteiger partial charge in [-0.1, -0.05) is 6.92 Å². The number of ether oxygens (including phenoxy) is 1. The zero-order valence-corrected chi connectivity index (χ0v) is 11.7. The van der Waals surface area contributed by atoms with Gasteiger partial charge in [-0.15, -0.1) is 0 Å². The van der Waals surface area contributed by atoms with Gasteiger partial charge in [0.15, 0.2) is 0 Å². The Bertz CT molecular complexity index is 379. The van der Waals surface area contributed by atoms with E-state index in [0.717, 1.165) is 12.8 Å². The van der Waals surface area contributed by atoms with Crippen LogP contribution in [0.2, 0.25) is 0 Å². The summed E-state index contributed by atoms with van der Waals surface area (Å²) in [5.41, 5.74) is 6.17. The number of amides is 1. The van der Waals surface area contributed by atoms with Crippen molar-refractivity contribution in [3.8, 4) is 5.88 Å². The minimum Gasteiger partial charge on any atom is -0.478 e. The number of nitrogens with zero attached hydrogens (tertiary/aromatic N) is 1. The van der Waals surface area contributed by atoms with Crippen molar-refractivity contribution < 1.29 is 9.53 Å². The number of hydrogen-bond acceptors (Lipinski definition) is 4. The minimum atomic E-state index is 0.00910. The number of aromatic nitrogens is 1. The van der Waals surface area contributed by atoms with Gasteiger partial charge in [-0.25, -0.2) is 4.98 Å². The van der Waals surface area contributed by atoms with Crippen molar-refractivity contribution in [3.63, 3.8) is 0 Å². The van der Waals surface area contributed by atoms with Crippen molar-refractivity contribution in [2.75, 3.05) is 18.5 Å². The van der Waals surface area contributed by atoms with E-state index in [9.17, 15) is 4.79 Å². The molecule has 3 N–H and O–H groups in total. The van der Waals surface area contributed by atoms with Gasteiger partial charge in [-0.2, -0.15) is 0 Å². The Balaban J connectivity index is 2.35. The molecule has 0 aliphatic carbocycles. The van der Waals surface area contributed by atoms with Crippen molar-refractivity contribution in [3.05, 3.63) is 18.3 Å². The molecule has 1 atom stereocenters. The van der Waals surface area contributed by atoms with E-state index in [0.29, 0.717) is 37.1 Å². The molecule has 5 heteroatoms. The Kier molecular flexibility index (Phi) is 6.89. The third-order valence-corrected chi connectivity index (χ3v) is 2.84. The van der Waals surface area contributed by atoms with Crippen LogP contribution in [0.4, 0.5) is 5.69 Å². The second-order valence-corrected chi connectivity index (χ2v) is 4.59. The Morgan fingerprint density at radius 3 is 2.84 bits per heavy atom. The number of hydrogen-bond donors (Lipinski definition) is 2. The largest absolute Gasteiger partial charge is 0.478 e. The molecule has 0 radical (unpaired) electrons. The monoisotopic (exact) mass is 265 g/mol. The SMILES string of the molecule is CCOc1ccc(NC(=O)CCC(C)CCN)cn1. The number of nitrogens with one attached hydrogen (secondary N) is 1. The maximum atomic E-state index is 11.7. The van der Waals surface area contributed by atoms with Crippen LogP contribution in [0, 0.1) is 5.92 Å². The van der Waals surface area contributed by atoms with Gasteiger partial charge in [0.05, 0.1) is 18.5 Å². The van der Waals surface area contributed by atoms with E-state index in [1.165, 1.54) is 0 Å². The van der Waals surface area contributed by atoms with Crippen molar-refractivity contribution >= 4 is 11.6 Å². The van der Waals surface area contributed by atoms with Gasteiger partial charge in [0.25, 0.3) is 0 Å². The van der Waals surface area contributed by atoms with E-state index in [4.69, 9.17) is 10.5 Å². The topological polar surface area (TPSA) is 77.2 Å². The lowest BCUT2D eigenvalue weighted by Gasteiger charge is -2.10. The van der Waals surface area contributed by atoms with E-state index < -0.39 is 0 Å². The predicted molar refractivity (Wildman–Crippen MR) is 76.1 cm³/mol. The first-order chi connectivity index (χ1) is 9.15. The standard InChI is InChI=1S/C14H23N3O2/c1-3-19-14-7-5-12(10-16-14)17-13(18)6-4-11(2)8-9-15/h5,7,10-11H,3-4,6,8-9,15H2,1-2H3,(H,17,18). The first-order valence-electron chi connectivity index (χ1n) is 6.74. The van der Waals surface area contributed by atoms with Crippen molar-refractivity contribution in [1.82, 2.24) is 4.98 Å². The van der Waals surface area contributed by atoms with Crippen LogP contribution in [-0.2, 0) is 4.79 Å². The van der Waals surface area contributed by atoms with E-state index in [1.807, 2.05) is 6.92 Å². The summed E-state index contributed by atoms with van der Waals surface area (Å²) in [6.45, 7) is 5.27. The zero-order valence-electron chi connectivity index (χ0n) is 11.7. The summed E-state index contributed by atoms with van der Waals surface area (Å²) in [6.07, 6.45) is 3.92. The molecule has 0 saturated carbocycles. The summed E-state index contributed by atoms with van der Waals surface area (Å²) in [6, 6.07) is 3.54. The first-order valence-corrected chi connectivity index (χ1v) is 6.74. The Morgan fingerprint density at radius 2 is 2.26 bits per heavy atom. The predicted octanol–water partition coefficient (Wildman–Crippen LogP) is 2.18. The fourth-order valence-electron chi connectivity index (χ4n) is 1.72. The Labute approximate surface area is 114 Å². The van der Waals surface area contributed by atoms with Crippen molar-refractivity contribution in [2.45, 2.75) is 33.1 Å². The third-order valence-electron chi connectivity index (χ3n) is 2.84. The summed E-state index contributed by atoms with van der Waals surface area (Å²) >= 11 is 0. The Morgan fingerprint density at radius 1 is 1.47 bits per heavy atom. The molecule has 1 aromatic rings. The molecule has 1 heterocycles. The molecule has 0 aliphatic rings. The van der Waals surface area contributed by atoms with Crippen LogP contribution < -0.4 is 15.8 Å².